The second-order valence-electron chi connectivity index (χ2n) is 5.76. The Balaban J connectivity index is 1.70. The van der Waals surface area contributed by atoms with Crippen LogP contribution in [0.1, 0.15) is 21.9 Å². The summed E-state index contributed by atoms with van der Waals surface area (Å²) >= 11 is 0. The molecule has 2 heterocycles. The molecule has 3 rings (SSSR count). The lowest BCUT2D eigenvalue weighted by Crippen LogP contribution is -2.24. The summed E-state index contributed by atoms with van der Waals surface area (Å²) in [4.78, 5) is 20.1. The molecule has 1 aromatic carbocycles. The molecule has 29 heavy (non-hydrogen) atoms. The van der Waals surface area contributed by atoms with Crippen molar-refractivity contribution < 1.29 is 26.7 Å². The van der Waals surface area contributed by atoms with Crippen molar-refractivity contribution in [2.24, 2.45) is 0 Å². The van der Waals surface area contributed by atoms with Gasteiger partial charge in [0.15, 0.2) is 5.69 Å². The van der Waals surface area contributed by atoms with Crippen molar-refractivity contribution in [2.75, 3.05) is 0 Å². The molecule has 0 saturated carbocycles. The topological polar surface area (TPSA) is 116 Å². The standard InChI is InChI=1S/C17H15F2N5O4S/c1-11-8-21-12(9-20-11)10-22-16(25)15-6-7-24(23-15)29(26,27)14-4-2-13(3-5-14)28-17(18)19/h2-9,17H,10H2,1H3,(H,22,25). The summed E-state index contributed by atoms with van der Waals surface area (Å²) in [6, 6.07) is 5.63. The first kappa shape index (κ1) is 20.3. The van der Waals surface area contributed by atoms with E-state index in [0.29, 0.717) is 9.78 Å². The Kier molecular flexibility index (Phi) is 5.82. The smallest absolute Gasteiger partial charge is 0.387 e. The summed E-state index contributed by atoms with van der Waals surface area (Å²) in [6.07, 6.45) is 4.18. The van der Waals surface area contributed by atoms with Gasteiger partial charge in [0.1, 0.15) is 5.75 Å². The first-order valence-electron chi connectivity index (χ1n) is 8.17. The lowest BCUT2D eigenvalue weighted by atomic mass is 10.3. The van der Waals surface area contributed by atoms with Crippen LogP contribution in [0.5, 0.6) is 5.75 Å². The highest BCUT2D eigenvalue weighted by Crippen LogP contribution is 2.19. The first-order chi connectivity index (χ1) is 13.8. The number of aryl methyl sites for hydroxylation is 1. The van der Waals surface area contributed by atoms with Gasteiger partial charge in [0.05, 0.1) is 29.0 Å². The fraction of sp³-hybridized carbons (Fsp3) is 0.176. The molecule has 0 aliphatic rings. The molecule has 2 aromatic heterocycles. The summed E-state index contributed by atoms with van der Waals surface area (Å²) in [5.41, 5.74) is 1.14. The number of nitrogens with one attached hydrogen (secondary N) is 1. The van der Waals surface area contributed by atoms with Gasteiger partial charge in [0.2, 0.25) is 0 Å². The van der Waals surface area contributed by atoms with Crippen LogP contribution in [0.15, 0.2) is 53.8 Å². The van der Waals surface area contributed by atoms with Crippen molar-refractivity contribution in [2.45, 2.75) is 25.0 Å². The van der Waals surface area contributed by atoms with Crippen LogP contribution in [0.25, 0.3) is 0 Å². The molecule has 0 bridgehead atoms. The molecule has 0 fully saturated rings. The number of benzene rings is 1. The Hall–Kier alpha value is -3.41. The van der Waals surface area contributed by atoms with Crippen LogP contribution in [-0.2, 0) is 16.6 Å². The zero-order chi connectivity index (χ0) is 21.0. The highest BCUT2D eigenvalue weighted by atomic mass is 32.2. The van der Waals surface area contributed by atoms with Crippen molar-refractivity contribution in [1.82, 2.24) is 24.5 Å². The highest BCUT2D eigenvalue weighted by Gasteiger charge is 2.20. The maximum absolute atomic E-state index is 12.6. The van der Waals surface area contributed by atoms with Gasteiger partial charge in [-0.2, -0.15) is 26.4 Å². The predicted molar refractivity (Wildman–Crippen MR) is 95.8 cm³/mol. The van der Waals surface area contributed by atoms with Crippen molar-refractivity contribution in [1.29, 1.82) is 0 Å². The molecule has 0 aliphatic heterocycles. The van der Waals surface area contributed by atoms with Crippen LogP contribution in [0.4, 0.5) is 8.78 Å². The third kappa shape index (κ3) is 4.90. The van der Waals surface area contributed by atoms with E-state index in [9.17, 15) is 22.0 Å². The normalized spacial score (nSPS) is 11.4. The number of hydrogen-bond donors (Lipinski definition) is 1. The molecule has 0 aliphatic carbocycles. The lowest BCUT2D eigenvalue weighted by molar-refractivity contribution is -0.0498. The van der Waals surface area contributed by atoms with Crippen LogP contribution in [0.3, 0.4) is 0 Å². The molecule has 1 N–H and O–H groups in total. The van der Waals surface area contributed by atoms with Crippen molar-refractivity contribution in [3.63, 3.8) is 0 Å². The molecule has 0 unspecified atom stereocenters. The molecular formula is C17H15F2N5O4S. The Morgan fingerprint density at radius 2 is 1.90 bits per heavy atom. The second kappa shape index (κ2) is 8.31. The van der Waals surface area contributed by atoms with Crippen LogP contribution in [0.2, 0.25) is 0 Å². The van der Waals surface area contributed by atoms with Gasteiger partial charge in [-0.05, 0) is 37.3 Å². The van der Waals surface area contributed by atoms with E-state index in [1.165, 1.54) is 12.3 Å². The Bertz CT molecular complexity index is 1100. The number of amides is 1. The van der Waals surface area contributed by atoms with Crippen LogP contribution >= 0.6 is 0 Å². The molecular weight excluding hydrogens is 408 g/mol. The quantitative estimate of drug-likeness (QED) is 0.615. The maximum atomic E-state index is 12.6. The largest absolute Gasteiger partial charge is 0.435 e. The summed E-state index contributed by atoms with van der Waals surface area (Å²) in [5.74, 6) is -0.777. The average molecular weight is 423 g/mol. The number of halogens is 2. The van der Waals surface area contributed by atoms with Gasteiger partial charge in [0.25, 0.3) is 15.9 Å². The van der Waals surface area contributed by atoms with E-state index in [2.05, 4.69) is 25.1 Å². The molecule has 0 spiro atoms. The molecule has 1 amide bonds. The minimum absolute atomic E-state index is 0.0946. The summed E-state index contributed by atoms with van der Waals surface area (Å²) < 4.78 is 54.3. The summed E-state index contributed by atoms with van der Waals surface area (Å²) in [6.45, 7) is -1.14. The number of alkyl halides is 2. The minimum Gasteiger partial charge on any atom is -0.435 e. The fourth-order valence-electron chi connectivity index (χ4n) is 2.24. The number of carbonyl (C=O) groups is 1. The van der Waals surface area contributed by atoms with E-state index < -0.39 is 22.5 Å². The van der Waals surface area contributed by atoms with E-state index in [0.717, 1.165) is 36.2 Å². The van der Waals surface area contributed by atoms with Gasteiger partial charge >= 0.3 is 6.61 Å². The predicted octanol–water partition coefficient (Wildman–Crippen LogP) is 1.75. The van der Waals surface area contributed by atoms with Crippen molar-refractivity contribution in [3.8, 4) is 5.75 Å². The molecule has 0 radical (unpaired) electrons. The van der Waals surface area contributed by atoms with E-state index in [1.807, 2.05) is 0 Å². The van der Waals surface area contributed by atoms with Crippen molar-refractivity contribution in [3.05, 3.63) is 66.0 Å². The van der Waals surface area contributed by atoms with Gasteiger partial charge < -0.3 is 10.1 Å². The Morgan fingerprint density at radius 3 is 2.52 bits per heavy atom. The zero-order valence-electron chi connectivity index (χ0n) is 15.0. The Labute approximate surface area is 164 Å². The maximum Gasteiger partial charge on any atom is 0.387 e. The van der Waals surface area contributed by atoms with Gasteiger partial charge in [-0.25, -0.2) is 0 Å². The number of nitrogens with zero attached hydrogens (tertiary/aromatic N) is 4. The van der Waals surface area contributed by atoms with Gasteiger partial charge in [-0.3, -0.25) is 14.8 Å². The van der Waals surface area contributed by atoms with E-state index >= 15 is 0 Å². The van der Waals surface area contributed by atoms with Crippen LogP contribution in [0, 0.1) is 6.92 Å². The number of ether oxygens (including phenoxy) is 1. The SMILES string of the molecule is Cc1cnc(CNC(=O)c2ccn(S(=O)(=O)c3ccc(OC(F)F)cc3)n2)cn1. The van der Waals surface area contributed by atoms with E-state index in [-0.39, 0.29) is 22.9 Å². The average Bonchev–Trinajstić information content (AvgIpc) is 3.18. The first-order valence-corrected chi connectivity index (χ1v) is 9.61. The fourth-order valence-corrected chi connectivity index (χ4v) is 3.35. The number of rotatable bonds is 7. The molecule has 12 heteroatoms. The minimum atomic E-state index is -4.11. The number of hydrogen-bond acceptors (Lipinski definition) is 7. The molecule has 9 nitrogen and oxygen atoms in total. The highest BCUT2D eigenvalue weighted by molar-refractivity contribution is 7.89. The summed E-state index contributed by atoms with van der Waals surface area (Å²) in [5, 5.41) is 6.35. The molecule has 3 aromatic rings. The molecule has 152 valence electrons. The van der Waals surface area contributed by atoms with Crippen LogP contribution in [-0.4, -0.2) is 40.1 Å². The number of aromatic nitrogens is 4. The molecule has 0 saturated heterocycles. The monoisotopic (exact) mass is 423 g/mol. The van der Waals surface area contributed by atoms with E-state index in [1.54, 1.807) is 13.1 Å². The third-order valence-corrected chi connectivity index (χ3v) is 5.22. The van der Waals surface area contributed by atoms with Gasteiger partial charge in [-0.1, -0.05) is 0 Å². The van der Waals surface area contributed by atoms with Crippen LogP contribution < -0.4 is 10.1 Å². The van der Waals surface area contributed by atoms with Gasteiger partial charge in [0, 0.05) is 12.4 Å². The zero-order valence-corrected chi connectivity index (χ0v) is 15.8. The Morgan fingerprint density at radius 1 is 1.17 bits per heavy atom. The van der Waals surface area contributed by atoms with E-state index in [4.69, 9.17) is 0 Å². The lowest BCUT2D eigenvalue weighted by Gasteiger charge is -2.07. The molecule has 0 atom stereocenters. The van der Waals surface area contributed by atoms with Gasteiger partial charge in [-0.15, -0.1) is 0 Å². The summed E-state index contributed by atoms with van der Waals surface area (Å²) in [7, 11) is -4.11. The third-order valence-electron chi connectivity index (χ3n) is 3.66. The number of carbonyl (C=O) groups excluding carboxylic acids is 1. The van der Waals surface area contributed by atoms with Crippen molar-refractivity contribution >= 4 is 15.9 Å². The second-order valence-corrected chi connectivity index (χ2v) is 7.56.